The summed E-state index contributed by atoms with van der Waals surface area (Å²) in [6.45, 7) is 3.51. The predicted molar refractivity (Wildman–Crippen MR) is 62.8 cm³/mol. The average molecular weight is 222 g/mol. The molecule has 16 heavy (non-hydrogen) atoms. The summed E-state index contributed by atoms with van der Waals surface area (Å²) in [6.07, 6.45) is 0. The highest BCUT2D eigenvalue weighted by Crippen LogP contribution is 1.99. The molecule has 0 aliphatic carbocycles. The number of hydrogen-bond donors (Lipinski definition) is 2. The van der Waals surface area contributed by atoms with E-state index >= 15 is 0 Å². The molecule has 0 spiro atoms. The summed E-state index contributed by atoms with van der Waals surface area (Å²) < 4.78 is 5.44. The van der Waals surface area contributed by atoms with Gasteiger partial charge in [0.15, 0.2) is 0 Å². The van der Waals surface area contributed by atoms with Gasteiger partial charge in [0, 0.05) is 6.54 Å². The van der Waals surface area contributed by atoms with Crippen molar-refractivity contribution in [2.45, 2.75) is 19.6 Å². The first kappa shape index (κ1) is 12.7. The van der Waals surface area contributed by atoms with Gasteiger partial charge in [-0.2, -0.15) is 0 Å². The Labute approximate surface area is 95.8 Å². The maximum absolute atomic E-state index is 10.7. The van der Waals surface area contributed by atoms with Crippen LogP contribution >= 0.6 is 0 Å². The van der Waals surface area contributed by atoms with E-state index in [2.05, 4.69) is 5.32 Å². The predicted octanol–water partition coefficient (Wildman–Crippen LogP) is 0.667. The summed E-state index contributed by atoms with van der Waals surface area (Å²) in [6, 6.07) is 9.65. The lowest BCUT2D eigenvalue weighted by atomic mass is 10.2. The van der Waals surface area contributed by atoms with Crippen molar-refractivity contribution in [2.24, 2.45) is 5.73 Å². The second-order valence-electron chi connectivity index (χ2n) is 3.62. The zero-order chi connectivity index (χ0) is 11.8. The number of hydrogen-bond acceptors (Lipinski definition) is 3. The summed E-state index contributed by atoms with van der Waals surface area (Å²) in [5, 5.41) is 2.97. The maximum Gasteiger partial charge on any atom is 0.234 e. The molecule has 0 aromatic heterocycles. The zero-order valence-electron chi connectivity index (χ0n) is 9.48. The molecule has 0 fully saturated rings. The van der Waals surface area contributed by atoms with E-state index < -0.39 is 0 Å². The Hall–Kier alpha value is -1.39. The second kappa shape index (κ2) is 6.98. The maximum atomic E-state index is 10.7. The number of primary amides is 1. The lowest BCUT2D eigenvalue weighted by molar-refractivity contribution is -0.119. The van der Waals surface area contributed by atoms with E-state index in [1.54, 1.807) is 6.92 Å². The zero-order valence-corrected chi connectivity index (χ0v) is 9.48. The van der Waals surface area contributed by atoms with Gasteiger partial charge in [-0.1, -0.05) is 30.3 Å². The number of carbonyl (C=O) groups is 1. The molecule has 1 atom stereocenters. The molecule has 4 nitrogen and oxygen atoms in total. The Kier molecular flexibility index (Phi) is 5.53. The first-order valence-corrected chi connectivity index (χ1v) is 5.34. The fraction of sp³-hybridized carbons (Fsp3) is 0.417. The number of carbonyl (C=O) groups excluding carboxylic acids is 1. The molecular formula is C12H18N2O2. The van der Waals surface area contributed by atoms with Crippen molar-refractivity contribution in [1.82, 2.24) is 5.32 Å². The van der Waals surface area contributed by atoms with E-state index in [1.807, 2.05) is 30.3 Å². The standard InChI is InChI=1S/C12H18N2O2/c1-10(12(13)15)14-7-8-16-9-11-5-3-2-4-6-11/h2-6,10,14H,7-9H2,1H3,(H2,13,15). The van der Waals surface area contributed by atoms with Gasteiger partial charge in [0.05, 0.1) is 19.3 Å². The Morgan fingerprint density at radius 1 is 1.44 bits per heavy atom. The lowest BCUT2D eigenvalue weighted by Crippen LogP contribution is -2.40. The molecule has 0 bridgehead atoms. The van der Waals surface area contributed by atoms with Gasteiger partial charge >= 0.3 is 0 Å². The fourth-order valence-electron chi connectivity index (χ4n) is 1.21. The van der Waals surface area contributed by atoms with Crippen LogP contribution in [0, 0.1) is 0 Å². The quantitative estimate of drug-likeness (QED) is 0.666. The highest BCUT2D eigenvalue weighted by Gasteiger charge is 2.05. The molecule has 0 heterocycles. The number of ether oxygens (including phenoxy) is 1. The van der Waals surface area contributed by atoms with E-state index in [0.29, 0.717) is 19.8 Å². The van der Waals surface area contributed by atoms with Crippen LogP contribution in [0.5, 0.6) is 0 Å². The molecule has 1 aromatic rings. The molecular weight excluding hydrogens is 204 g/mol. The van der Waals surface area contributed by atoms with Crippen molar-refractivity contribution in [3.8, 4) is 0 Å². The first-order chi connectivity index (χ1) is 7.70. The Morgan fingerprint density at radius 3 is 2.75 bits per heavy atom. The average Bonchev–Trinajstić information content (AvgIpc) is 2.29. The van der Waals surface area contributed by atoms with Crippen molar-refractivity contribution >= 4 is 5.91 Å². The first-order valence-electron chi connectivity index (χ1n) is 5.34. The number of benzene rings is 1. The van der Waals surface area contributed by atoms with Crippen LogP contribution in [0.3, 0.4) is 0 Å². The van der Waals surface area contributed by atoms with E-state index in [0.717, 1.165) is 5.56 Å². The number of amides is 1. The summed E-state index contributed by atoms with van der Waals surface area (Å²) in [5.74, 6) is -0.344. The van der Waals surface area contributed by atoms with Gasteiger partial charge in [-0.3, -0.25) is 4.79 Å². The second-order valence-corrected chi connectivity index (χ2v) is 3.62. The van der Waals surface area contributed by atoms with E-state index in [-0.39, 0.29) is 11.9 Å². The van der Waals surface area contributed by atoms with Crippen molar-refractivity contribution in [3.05, 3.63) is 35.9 Å². The molecule has 0 aliphatic heterocycles. The minimum Gasteiger partial charge on any atom is -0.375 e. The van der Waals surface area contributed by atoms with Gasteiger partial charge in [0.1, 0.15) is 0 Å². The number of nitrogens with two attached hydrogens (primary N) is 1. The normalized spacial score (nSPS) is 12.3. The number of rotatable bonds is 7. The third-order valence-electron chi connectivity index (χ3n) is 2.24. The third-order valence-corrected chi connectivity index (χ3v) is 2.24. The molecule has 4 heteroatoms. The van der Waals surface area contributed by atoms with Crippen molar-refractivity contribution in [1.29, 1.82) is 0 Å². The molecule has 0 aliphatic rings. The minimum absolute atomic E-state index is 0.305. The lowest BCUT2D eigenvalue weighted by Gasteiger charge is -2.10. The summed E-state index contributed by atoms with van der Waals surface area (Å²) in [4.78, 5) is 10.7. The SMILES string of the molecule is CC(NCCOCc1ccccc1)C(N)=O. The fourth-order valence-corrected chi connectivity index (χ4v) is 1.21. The summed E-state index contributed by atoms with van der Waals surface area (Å²) in [7, 11) is 0. The van der Waals surface area contributed by atoms with Gasteiger partial charge in [-0.05, 0) is 12.5 Å². The molecule has 0 saturated carbocycles. The minimum atomic E-state index is -0.344. The van der Waals surface area contributed by atoms with Gasteiger partial charge < -0.3 is 15.8 Å². The van der Waals surface area contributed by atoms with E-state index in [4.69, 9.17) is 10.5 Å². The van der Waals surface area contributed by atoms with Gasteiger partial charge in [-0.15, -0.1) is 0 Å². The Morgan fingerprint density at radius 2 is 2.12 bits per heavy atom. The largest absolute Gasteiger partial charge is 0.375 e. The highest BCUT2D eigenvalue weighted by molar-refractivity contribution is 5.79. The summed E-state index contributed by atoms with van der Waals surface area (Å²) in [5.41, 5.74) is 6.24. The van der Waals surface area contributed by atoms with Crippen molar-refractivity contribution in [3.63, 3.8) is 0 Å². The van der Waals surface area contributed by atoms with Crippen LogP contribution in [0.2, 0.25) is 0 Å². The Bertz CT molecular complexity index is 314. The Balaban J connectivity index is 2.07. The van der Waals surface area contributed by atoms with E-state index in [9.17, 15) is 4.79 Å². The molecule has 1 unspecified atom stereocenters. The van der Waals surface area contributed by atoms with Crippen LogP contribution < -0.4 is 11.1 Å². The van der Waals surface area contributed by atoms with Crippen LogP contribution in [0.1, 0.15) is 12.5 Å². The molecule has 3 N–H and O–H groups in total. The van der Waals surface area contributed by atoms with Gasteiger partial charge in [-0.25, -0.2) is 0 Å². The smallest absolute Gasteiger partial charge is 0.234 e. The van der Waals surface area contributed by atoms with Crippen molar-refractivity contribution < 1.29 is 9.53 Å². The third kappa shape index (κ3) is 4.91. The monoisotopic (exact) mass is 222 g/mol. The van der Waals surface area contributed by atoms with E-state index in [1.165, 1.54) is 0 Å². The molecule has 1 amide bonds. The van der Waals surface area contributed by atoms with Crippen LogP contribution in [0.4, 0.5) is 0 Å². The molecule has 1 aromatic carbocycles. The molecule has 0 radical (unpaired) electrons. The van der Waals surface area contributed by atoms with Crippen LogP contribution in [0.25, 0.3) is 0 Å². The van der Waals surface area contributed by atoms with Crippen molar-refractivity contribution in [2.75, 3.05) is 13.2 Å². The van der Waals surface area contributed by atoms with Crippen LogP contribution in [-0.4, -0.2) is 25.1 Å². The summed E-state index contributed by atoms with van der Waals surface area (Å²) >= 11 is 0. The number of nitrogens with one attached hydrogen (secondary N) is 1. The van der Waals surface area contributed by atoms with Crippen LogP contribution in [-0.2, 0) is 16.1 Å². The highest BCUT2D eigenvalue weighted by atomic mass is 16.5. The molecule has 88 valence electrons. The van der Waals surface area contributed by atoms with Gasteiger partial charge in [0.25, 0.3) is 0 Å². The topological polar surface area (TPSA) is 64.3 Å². The van der Waals surface area contributed by atoms with Gasteiger partial charge in [0.2, 0.25) is 5.91 Å². The molecule has 1 rings (SSSR count). The molecule has 0 saturated heterocycles. The van der Waals surface area contributed by atoms with Crippen LogP contribution in [0.15, 0.2) is 30.3 Å².